The summed E-state index contributed by atoms with van der Waals surface area (Å²) in [5.41, 5.74) is 0. The van der Waals surface area contributed by atoms with Gasteiger partial charge in [-0.2, -0.15) is 0 Å². The normalized spacial score (nSPS) is 11.8. The Morgan fingerprint density at radius 3 is 2.67 bits per heavy atom. The van der Waals surface area contributed by atoms with Gasteiger partial charge < -0.3 is 20.3 Å². The second-order valence-corrected chi connectivity index (χ2v) is 4.43. The number of ether oxygens (including phenoxy) is 1. The molecule has 2 N–H and O–H groups in total. The first-order valence-corrected chi connectivity index (χ1v) is 6.80. The fourth-order valence-corrected chi connectivity index (χ4v) is 1.60. The smallest absolute Gasteiger partial charge is 0.244 e. The summed E-state index contributed by atoms with van der Waals surface area (Å²) in [5.74, 6) is 0.0379. The summed E-state index contributed by atoms with van der Waals surface area (Å²) < 4.78 is 5.22. The zero-order valence-electron chi connectivity index (χ0n) is 11.8. The van der Waals surface area contributed by atoms with Gasteiger partial charge in [-0.15, -0.1) is 0 Å². The number of hydrogen-bond acceptors (Lipinski definition) is 3. The molecule has 0 spiro atoms. The van der Waals surface area contributed by atoms with Gasteiger partial charge in [-0.1, -0.05) is 0 Å². The molecule has 0 saturated heterocycles. The number of amides is 1. The van der Waals surface area contributed by atoms with Gasteiger partial charge >= 0.3 is 0 Å². The first-order chi connectivity index (χ1) is 8.52. The highest BCUT2D eigenvalue weighted by Crippen LogP contribution is 1.91. The van der Waals surface area contributed by atoms with Crippen molar-refractivity contribution < 1.29 is 9.53 Å². The van der Waals surface area contributed by atoms with Crippen LogP contribution in [0.25, 0.3) is 0 Å². The highest BCUT2D eigenvalue weighted by molar-refractivity contribution is 7.80. The van der Waals surface area contributed by atoms with Crippen molar-refractivity contribution in [3.05, 3.63) is 0 Å². The lowest BCUT2D eigenvalue weighted by Gasteiger charge is -2.21. The summed E-state index contributed by atoms with van der Waals surface area (Å²) in [6, 6.07) is -0.304. The fourth-order valence-electron chi connectivity index (χ4n) is 1.32. The predicted molar refractivity (Wildman–Crippen MR) is 77.6 cm³/mol. The lowest BCUT2D eigenvalue weighted by Crippen LogP contribution is -2.48. The average Bonchev–Trinajstić information content (AvgIpc) is 2.36. The molecule has 0 bridgehead atoms. The standard InChI is InChI=1S/C12H25N3O2S/c1-5-15(4)11(16)10(3)14-12(18)13-8-7-9-17-6-2/h10H,5-9H2,1-4H3,(H2,13,14,18). The molecule has 0 aliphatic rings. The van der Waals surface area contributed by atoms with E-state index in [1.807, 2.05) is 20.8 Å². The maximum absolute atomic E-state index is 11.8. The molecule has 1 amide bonds. The molecule has 106 valence electrons. The Kier molecular flexibility index (Phi) is 9.59. The number of carbonyl (C=O) groups is 1. The summed E-state index contributed by atoms with van der Waals surface area (Å²) in [5, 5.41) is 6.54. The maximum Gasteiger partial charge on any atom is 0.244 e. The van der Waals surface area contributed by atoms with Crippen LogP contribution in [0.1, 0.15) is 27.2 Å². The third-order valence-corrected chi connectivity index (χ3v) is 2.79. The van der Waals surface area contributed by atoms with Crippen LogP contribution >= 0.6 is 12.2 Å². The molecule has 0 aliphatic heterocycles. The van der Waals surface area contributed by atoms with Crippen molar-refractivity contribution in [3.8, 4) is 0 Å². The number of carbonyl (C=O) groups excluding carboxylic acids is 1. The maximum atomic E-state index is 11.8. The van der Waals surface area contributed by atoms with E-state index in [9.17, 15) is 4.79 Å². The second-order valence-electron chi connectivity index (χ2n) is 4.02. The number of nitrogens with one attached hydrogen (secondary N) is 2. The Bertz CT molecular complexity index is 262. The van der Waals surface area contributed by atoms with Crippen molar-refractivity contribution in [2.45, 2.75) is 33.2 Å². The third kappa shape index (κ3) is 7.45. The van der Waals surface area contributed by atoms with Crippen molar-refractivity contribution in [3.63, 3.8) is 0 Å². The largest absolute Gasteiger partial charge is 0.382 e. The minimum atomic E-state index is -0.304. The highest BCUT2D eigenvalue weighted by Gasteiger charge is 2.16. The zero-order chi connectivity index (χ0) is 14.0. The molecule has 0 fully saturated rings. The molecule has 0 rings (SSSR count). The van der Waals surface area contributed by atoms with Crippen LogP contribution in [0.4, 0.5) is 0 Å². The van der Waals surface area contributed by atoms with Gasteiger partial charge in [-0.25, -0.2) is 0 Å². The second kappa shape index (κ2) is 10.1. The number of thiocarbonyl (C=S) groups is 1. The predicted octanol–water partition coefficient (Wildman–Crippen LogP) is 0.744. The Hall–Kier alpha value is -0.880. The van der Waals surface area contributed by atoms with Crippen LogP contribution < -0.4 is 10.6 Å². The van der Waals surface area contributed by atoms with E-state index in [0.717, 1.165) is 26.2 Å². The fraction of sp³-hybridized carbons (Fsp3) is 0.833. The van der Waals surface area contributed by atoms with E-state index >= 15 is 0 Å². The SMILES string of the molecule is CCOCCCNC(=S)NC(C)C(=O)N(C)CC. The molecule has 18 heavy (non-hydrogen) atoms. The van der Waals surface area contributed by atoms with Gasteiger partial charge in [-0.05, 0) is 39.4 Å². The lowest BCUT2D eigenvalue weighted by atomic mass is 10.3. The summed E-state index contributed by atoms with van der Waals surface area (Å²) in [4.78, 5) is 13.4. The van der Waals surface area contributed by atoms with E-state index in [-0.39, 0.29) is 11.9 Å². The molecule has 0 radical (unpaired) electrons. The number of nitrogens with zero attached hydrogens (tertiary/aromatic N) is 1. The molecule has 0 aromatic carbocycles. The first-order valence-electron chi connectivity index (χ1n) is 6.40. The molecule has 0 heterocycles. The molecular weight excluding hydrogens is 250 g/mol. The van der Waals surface area contributed by atoms with Gasteiger partial charge in [-0.3, -0.25) is 4.79 Å². The number of likely N-dealkylation sites (N-methyl/N-ethyl adjacent to an activating group) is 1. The van der Waals surface area contributed by atoms with Gasteiger partial charge in [0.1, 0.15) is 6.04 Å². The minimum Gasteiger partial charge on any atom is -0.382 e. The van der Waals surface area contributed by atoms with Crippen LogP contribution in [-0.2, 0) is 9.53 Å². The molecule has 5 nitrogen and oxygen atoms in total. The third-order valence-electron chi connectivity index (χ3n) is 2.52. The molecule has 0 saturated carbocycles. The lowest BCUT2D eigenvalue weighted by molar-refractivity contribution is -0.131. The van der Waals surface area contributed by atoms with Crippen molar-refractivity contribution in [2.24, 2.45) is 0 Å². The summed E-state index contributed by atoms with van der Waals surface area (Å²) in [6.07, 6.45) is 0.896. The van der Waals surface area contributed by atoms with Crippen LogP contribution in [0, 0.1) is 0 Å². The summed E-state index contributed by atoms with van der Waals surface area (Å²) in [7, 11) is 1.78. The van der Waals surface area contributed by atoms with Gasteiger partial charge in [0, 0.05) is 33.4 Å². The quantitative estimate of drug-likeness (QED) is 0.505. The topological polar surface area (TPSA) is 53.6 Å². The van der Waals surface area contributed by atoms with Crippen molar-refractivity contribution in [1.29, 1.82) is 0 Å². The van der Waals surface area contributed by atoms with Crippen LogP contribution in [0.2, 0.25) is 0 Å². The molecule has 1 unspecified atom stereocenters. The monoisotopic (exact) mass is 275 g/mol. The van der Waals surface area contributed by atoms with E-state index in [1.165, 1.54) is 0 Å². The Morgan fingerprint density at radius 1 is 1.44 bits per heavy atom. The van der Waals surface area contributed by atoms with E-state index < -0.39 is 0 Å². The van der Waals surface area contributed by atoms with E-state index in [1.54, 1.807) is 11.9 Å². The van der Waals surface area contributed by atoms with E-state index in [2.05, 4.69) is 10.6 Å². The van der Waals surface area contributed by atoms with Crippen LogP contribution in [0.15, 0.2) is 0 Å². The molecular formula is C12H25N3O2S. The van der Waals surface area contributed by atoms with Crippen LogP contribution in [-0.4, -0.2) is 55.3 Å². The summed E-state index contributed by atoms with van der Waals surface area (Å²) >= 11 is 5.12. The number of hydrogen-bond donors (Lipinski definition) is 2. The van der Waals surface area contributed by atoms with Crippen molar-refractivity contribution in [1.82, 2.24) is 15.5 Å². The summed E-state index contributed by atoms with van der Waals surface area (Å²) in [6.45, 7) is 8.61. The highest BCUT2D eigenvalue weighted by atomic mass is 32.1. The average molecular weight is 275 g/mol. The molecule has 0 aromatic heterocycles. The Balaban J connectivity index is 3.77. The molecule has 6 heteroatoms. The zero-order valence-corrected chi connectivity index (χ0v) is 12.6. The Morgan fingerprint density at radius 2 is 2.11 bits per heavy atom. The molecule has 0 aromatic rings. The van der Waals surface area contributed by atoms with Crippen molar-refractivity contribution in [2.75, 3.05) is 33.4 Å². The van der Waals surface area contributed by atoms with Crippen LogP contribution in [0.3, 0.4) is 0 Å². The van der Waals surface area contributed by atoms with Gasteiger partial charge in [0.05, 0.1) is 0 Å². The van der Waals surface area contributed by atoms with Gasteiger partial charge in [0.15, 0.2) is 5.11 Å². The molecule has 1 atom stereocenters. The van der Waals surface area contributed by atoms with Gasteiger partial charge in [0.25, 0.3) is 0 Å². The Labute approximate surface area is 115 Å². The number of rotatable bonds is 8. The van der Waals surface area contributed by atoms with E-state index in [0.29, 0.717) is 11.7 Å². The first kappa shape index (κ1) is 17.1. The minimum absolute atomic E-state index is 0.0379. The molecule has 0 aliphatic carbocycles. The van der Waals surface area contributed by atoms with E-state index in [4.69, 9.17) is 17.0 Å². The van der Waals surface area contributed by atoms with Crippen molar-refractivity contribution >= 4 is 23.2 Å². The van der Waals surface area contributed by atoms with Gasteiger partial charge in [0.2, 0.25) is 5.91 Å². The van der Waals surface area contributed by atoms with Crippen LogP contribution in [0.5, 0.6) is 0 Å².